The largest absolute Gasteiger partial charge is 0.496 e. The number of thiophene rings is 1. The maximum absolute atomic E-state index is 12.9. The molecule has 2 fully saturated rings. The van der Waals surface area contributed by atoms with E-state index in [0.717, 1.165) is 35.0 Å². The molecule has 174 valence electrons. The molecule has 0 atom stereocenters. The summed E-state index contributed by atoms with van der Waals surface area (Å²) in [7, 11) is 1.46. The van der Waals surface area contributed by atoms with E-state index < -0.39 is 7.12 Å². The standard InChI is InChI=1S/C25H31BN2O4S/c1-24(2)25(3,4)32-26(31-24)20-8-6-7-18-19-15-17(9-10-21(19)33-23(18)20)27(5)22(29)16-28-11-13-30-14-12-28/h6-10,15H,11-14,16H2,1-5H3. The van der Waals surface area contributed by atoms with Crippen LogP contribution in [-0.4, -0.2) is 69.0 Å². The van der Waals surface area contributed by atoms with Crippen LogP contribution < -0.4 is 10.4 Å². The SMILES string of the molecule is CN(C(=O)CN1CCOCC1)c1ccc2sc3c(B4OC(C)(C)C(C)(C)O4)cccc3c2c1. The number of benzene rings is 2. The van der Waals surface area contributed by atoms with Crippen LogP contribution in [0.5, 0.6) is 0 Å². The van der Waals surface area contributed by atoms with E-state index in [1.165, 1.54) is 9.40 Å². The van der Waals surface area contributed by atoms with Crippen LogP contribution >= 0.6 is 11.3 Å². The van der Waals surface area contributed by atoms with E-state index in [1.54, 1.807) is 16.2 Å². The Balaban J connectivity index is 1.46. The van der Waals surface area contributed by atoms with Gasteiger partial charge < -0.3 is 18.9 Å². The molecule has 3 heterocycles. The van der Waals surface area contributed by atoms with Crippen LogP contribution in [0.15, 0.2) is 36.4 Å². The Kier molecular flexibility index (Phi) is 5.78. The van der Waals surface area contributed by atoms with Gasteiger partial charge in [0.05, 0.1) is 31.0 Å². The Bertz CT molecular complexity index is 1190. The number of nitrogens with zero attached hydrogens (tertiary/aromatic N) is 2. The molecule has 2 aliphatic rings. The van der Waals surface area contributed by atoms with Gasteiger partial charge in [-0.1, -0.05) is 18.2 Å². The number of ether oxygens (including phenoxy) is 1. The van der Waals surface area contributed by atoms with E-state index in [0.29, 0.717) is 19.8 Å². The summed E-state index contributed by atoms with van der Waals surface area (Å²) in [5.41, 5.74) is 1.20. The molecule has 0 unspecified atom stereocenters. The maximum atomic E-state index is 12.9. The molecule has 0 saturated carbocycles. The van der Waals surface area contributed by atoms with E-state index in [-0.39, 0.29) is 17.1 Å². The zero-order valence-corrected chi connectivity index (χ0v) is 20.8. The molecule has 33 heavy (non-hydrogen) atoms. The quantitative estimate of drug-likeness (QED) is 0.550. The number of carbonyl (C=O) groups is 1. The highest BCUT2D eigenvalue weighted by molar-refractivity contribution is 7.27. The van der Waals surface area contributed by atoms with Crippen molar-refractivity contribution in [2.45, 2.75) is 38.9 Å². The summed E-state index contributed by atoms with van der Waals surface area (Å²) in [6, 6.07) is 12.6. The number of anilines is 1. The number of rotatable bonds is 4. The molecular weight excluding hydrogens is 435 g/mol. The Morgan fingerprint density at radius 1 is 1.06 bits per heavy atom. The van der Waals surface area contributed by atoms with Gasteiger partial charge in [0, 0.05) is 51.5 Å². The Morgan fingerprint density at radius 2 is 1.76 bits per heavy atom. The highest BCUT2D eigenvalue weighted by Crippen LogP contribution is 2.39. The van der Waals surface area contributed by atoms with Gasteiger partial charge in [0.25, 0.3) is 0 Å². The van der Waals surface area contributed by atoms with Crippen molar-refractivity contribution in [3.63, 3.8) is 0 Å². The third kappa shape index (κ3) is 4.08. The van der Waals surface area contributed by atoms with Crippen LogP contribution in [0.2, 0.25) is 0 Å². The van der Waals surface area contributed by atoms with Crippen molar-refractivity contribution in [3.8, 4) is 0 Å². The minimum Gasteiger partial charge on any atom is -0.399 e. The lowest BCUT2D eigenvalue weighted by atomic mass is 9.78. The van der Waals surface area contributed by atoms with Crippen molar-refractivity contribution in [2.75, 3.05) is 44.8 Å². The number of hydrogen-bond donors (Lipinski definition) is 0. The van der Waals surface area contributed by atoms with Gasteiger partial charge in [0.15, 0.2) is 0 Å². The van der Waals surface area contributed by atoms with Gasteiger partial charge in [-0.05, 0) is 45.9 Å². The molecule has 8 heteroatoms. The van der Waals surface area contributed by atoms with Gasteiger partial charge in [0.1, 0.15) is 0 Å². The molecule has 0 N–H and O–H groups in total. The maximum Gasteiger partial charge on any atom is 0.496 e. The van der Waals surface area contributed by atoms with E-state index in [9.17, 15) is 4.79 Å². The van der Waals surface area contributed by atoms with Gasteiger partial charge in [-0.2, -0.15) is 0 Å². The molecule has 5 rings (SSSR count). The average Bonchev–Trinajstić information content (AvgIpc) is 3.26. The summed E-state index contributed by atoms with van der Waals surface area (Å²) in [6.07, 6.45) is 0. The highest BCUT2D eigenvalue weighted by atomic mass is 32.1. The van der Waals surface area contributed by atoms with Crippen LogP contribution in [0.1, 0.15) is 27.7 Å². The molecule has 0 spiro atoms. The van der Waals surface area contributed by atoms with Crippen molar-refractivity contribution >= 4 is 55.7 Å². The molecule has 3 aromatic rings. The molecule has 2 aliphatic heterocycles. The number of likely N-dealkylation sites (N-methyl/N-ethyl adjacent to an activating group) is 1. The van der Waals surface area contributed by atoms with Crippen LogP contribution in [-0.2, 0) is 18.8 Å². The summed E-state index contributed by atoms with van der Waals surface area (Å²) >= 11 is 1.75. The predicted octanol–water partition coefficient (Wildman–Crippen LogP) is 3.65. The van der Waals surface area contributed by atoms with Gasteiger partial charge >= 0.3 is 7.12 Å². The number of fused-ring (bicyclic) bond motifs is 3. The molecule has 1 aromatic heterocycles. The Hall–Kier alpha value is -1.97. The normalized spacial score (nSPS) is 20.6. The molecule has 0 radical (unpaired) electrons. The molecule has 2 saturated heterocycles. The van der Waals surface area contributed by atoms with Gasteiger partial charge in [-0.3, -0.25) is 9.69 Å². The average molecular weight is 466 g/mol. The first-order valence-corrected chi connectivity index (χ1v) is 12.4. The first kappa shape index (κ1) is 22.8. The first-order valence-electron chi connectivity index (χ1n) is 11.5. The molecule has 0 aliphatic carbocycles. The zero-order chi connectivity index (χ0) is 23.4. The molecule has 6 nitrogen and oxygen atoms in total. The lowest BCUT2D eigenvalue weighted by Crippen LogP contribution is -2.43. The smallest absolute Gasteiger partial charge is 0.399 e. The molecule has 1 amide bonds. The Morgan fingerprint density at radius 3 is 2.45 bits per heavy atom. The Labute approximate surface area is 199 Å². The van der Waals surface area contributed by atoms with E-state index >= 15 is 0 Å². The lowest BCUT2D eigenvalue weighted by Gasteiger charge is -2.32. The second-order valence-corrected chi connectivity index (χ2v) is 11.0. The predicted molar refractivity (Wildman–Crippen MR) is 136 cm³/mol. The molecule has 0 bridgehead atoms. The van der Waals surface area contributed by atoms with Crippen LogP contribution in [0, 0.1) is 0 Å². The van der Waals surface area contributed by atoms with Crippen molar-refractivity contribution in [3.05, 3.63) is 36.4 Å². The molecule has 2 aromatic carbocycles. The summed E-state index contributed by atoms with van der Waals surface area (Å²) in [6.45, 7) is 11.7. The number of morpholine rings is 1. The monoisotopic (exact) mass is 466 g/mol. The van der Waals surface area contributed by atoms with Crippen LogP contribution in [0.25, 0.3) is 20.2 Å². The molecular formula is C25H31BN2O4S. The van der Waals surface area contributed by atoms with Gasteiger partial charge in [-0.15, -0.1) is 11.3 Å². The summed E-state index contributed by atoms with van der Waals surface area (Å²) in [4.78, 5) is 16.8. The van der Waals surface area contributed by atoms with Crippen molar-refractivity contribution in [2.24, 2.45) is 0 Å². The second-order valence-electron chi connectivity index (χ2n) is 9.94. The topological polar surface area (TPSA) is 51.2 Å². The third-order valence-electron chi connectivity index (χ3n) is 7.24. The van der Waals surface area contributed by atoms with Gasteiger partial charge in [-0.25, -0.2) is 0 Å². The summed E-state index contributed by atoms with van der Waals surface area (Å²) < 4.78 is 20.4. The fourth-order valence-corrected chi connectivity index (χ4v) is 5.58. The highest BCUT2D eigenvalue weighted by Gasteiger charge is 2.52. The van der Waals surface area contributed by atoms with E-state index in [4.69, 9.17) is 14.0 Å². The lowest BCUT2D eigenvalue weighted by molar-refractivity contribution is -0.120. The zero-order valence-electron chi connectivity index (χ0n) is 20.0. The fraction of sp³-hybridized carbons (Fsp3) is 0.480. The van der Waals surface area contributed by atoms with Crippen molar-refractivity contribution in [1.29, 1.82) is 0 Å². The first-order chi connectivity index (χ1) is 15.7. The number of carbonyl (C=O) groups excluding carboxylic acids is 1. The summed E-state index contributed by atoms with van der Waals surface area (Å²) in [5, 5.41) is 2.31. The third-order valence-corrected chi connectivity index (χ3v) is 8.48. The minimum atomic E-state index is -0.399. The van der Waals surface area contributed by atoms with Gasteiger partial charge in [0.2, 0.25) is 5.91 Å². The van der Waals surface area contributed by atoms with Crippen molar-refractivity contribution in [1.82, 2.24) is 4.90 Å². The van der Waals surface area contributed by atoms with E-state index in [1.807, 2.05) is 13.1 Å². The van der Waals surface area contributed by atoms with E-state index in [2.05, 4.69) is 62.9 Å². The number of hydrogen-bond acceptors (Lipinski definition) is 6. The van der Waals surface area contributed by atoms with Crippen molar-refractivity contribution < 1.29 is 18.8 Å². The number of amides is 1. The van der Waals surface area contributed by atoms with Crippen LogP contribution in [0.3, 0.4) is 0 Å². The minimum absolute atomic E-state index is 0.0914. The summed E-state index contributed by atoms with van der Waals surface area (Å²) in [5.74, 6) is 0.0914. The fourth-order valence-electron chi connectivity index (χ4n) is 4.37. The second kappa shape index (κ2) is 8.36. The van der Waals surface area contributed by atoms with Crippen LogP contribution in [0.4, 0.5) is 5.69 Å².